The number of β-amino-alcohol motifs (C(OH)–C–C–N with tert-alkyl or cyclic N) is 1. The van der Waals surface area contributed by atoms with E-state index in [4.69, 9.17) is 0 Å². The molecule has 100 valence electrons. The van der Waals surface area contributed by atoms with Gasteiger partial charge in [0.2, 0.25) is 0 Å². The summed E-state index contributed by atoms with van der Waals surface area (Å²) >= 11 is 0. The van der Waals surface area contributed by atoms with Crippen LogP contribution in [-0.2, 0) is 10.2 Å². The van der Waals surface area contributed by atoms with Crippen molar-refractivity contribution in [1.82, 2.24) is 8.61 Å². The highest BCUT2D eigenvalue weighted by atomic mass is 32.2. The topological polar surface area (TPSA) is 60.9 Å². The van der Waals surface area contributed by atoms with Gasteiger partial charge < -0.3 is 5.11 Å². The summed E-state index contributed by atoms with van der Waals surface area (Å²) in [4.78, 5) is 0. The first-order valence-corrected chi connectivity index (χ1v) is 7.54. The molecule has 0 saturated carbocycles. The van der Waals surface area contributed by atoms with Crippen LogP contribution < -0.4 is 0 Å². The number of nitrogens with zero attached hydrogens (tertiary/aromatic N) is 2. The molecule has 0 aromatic carbocycles. The highest BCUT2D eigenvalue weighted by Gasteiger charge is 2.52. The standard InChI is InChI=1S/C11H22N2O3S/c1-10(2)8-13(9-11(10,3)14)17(15,16)12-6-4-5-7-12/h14H,4-9H2,1-3H3/t11-/m0/s1. The van der Waals surface area contributed by atoms with E-state index >= 15 is 0 Å². The fourth-order valence-electron chi connectivity index (χ4n) is 2.47. The van der Waals surface area contributed by atoms with Crippen molar-refractivity contribution in [3.8, 4) is 0 Å². The molecule has 2 aliphatic heterocycles. The third-order valence-corrected chi connectivity index (χ3v) is 6.16. The molecule has 1 N–H and O–H groups in total. The Bertz CT molecular complexity index is 381. The van der Waals surface area contributed by atoms with Gasteiger partial charge in [-0.25, -0.2) is 0 Å². The summed E-state index contributed by atoms with van der Waals surface area (Å²) in [6.07, 6.45) is 1.87. The summed E-state index contributed by atoms with van der Waals surface area (Å²) in [5, 5.41) is 10.3. The Morgan fingerprint density at radius 3 is 1.94 bits per heavy atom. The summed E-state index contributed by atoms with van der Waals surface area (Å²) in [6.45, 7) is 7.34. The first-order chi connectivity index (χ1) is 7.67. The van der Waals surface area contributed by atoms with Crippen LogP contribution in [-0.4, -0.2) is 53.9 Å². The monoisotopic (exact) mass is 262 g/mol. The third-order valence-electron chi connectivity index (χ3n) is 4.23. The molecule has 0 aliphatic carbocycles. The summed E-state index contributed by atoms with van der Waals surface area (Å²) < 4.78 is 27.7. The fourth-order valence-corrected chi connectivity index (χ4v) is 4.42. The average molecular weight is 262 g/mol. The largest absolute Gasteiger partial charge is 0.388 e. The molecule has 2 heterocycles. The van der Waals surface area contributed by atoms with Gasteiger partial charge in [0, 0.05) is 31.6 Å². The van der Waals surface area contributed by atoms with Crippen molar-refractivity contribution in [1.29, 1.82) is 0 Å². The smallest absolute Gasteiger partial charge is 0.282 e. The molecule has 0 amide bonds. The van der Waals surface area contributed by atoms with Gasteiger partial charge >= 0.3 is 0 Å². The van der Waals surface area contributed by atoms with Gasteiger partial charge in [0.1, 0.15) is 0 Å². The Kier molecular flexibility index (Phi) is 3.05. The maximum atomic E-state index is 12.4. The van der Waals surface area contributed by atoms with Crippen molar-refractivity contribution >= 4 is 10.2 Å². The summed E-state index contributed by atoms with van der Waals surface area (Å²) in [5.74, 6) is 0. The van der Waals surface area contributed by atoms with Crippen LogP contribution in [0.25, 0.3) is 0 Å². The van der Waals surface area contributed by atoms with Gasteiger partial charge in [-0.05, 0) is 19.8 Å². The van der Waals surface area contributed by atoms with Crippen LogP contribution in [0.4, 0.5) is 0 Å². The van der Waals surface area contributed by atoms with Crippen LogP contribution in [0.3, 0.4) is 0 Å². The van der Waals surface area contributed by atoms with Crippen LogP contribution in [0, 0.1) is 5.41 Å². The molecule has 2 saturated heterocycles. The Labute approximate surface area is 104 Å². The molecule has 2 rings (SSSR count). The zero-order valence-electron chi connectivity index (χ0n) is 10.8. The van der Waals surface area contributed by atoms with Crippen LogP contribution in [0.2, 0.25) is 0 Å². The number of rotatable bonds is 2. The first kappa shape index (κ1) is 13.3. The zero-order valence-corrected chi connectivity index (χ0v) is 11.6. The van der Waals surface area contributed by atoms with E-state index in [9.17, 15) is 13.5 Å². The Morgan fingerprint density at radius 2 is 1.53 bits per heavy atom. The van der Waals surface area contributed by atoms with Gasteiger partial charge in [0.25, 0.3) is 10.2 Å². The van der Waals surface area contributed by atoms with Crippen LogP contribution in [0.15, 0.2) is 0 Å². The van der Waals surface area contributed by atoms with Crippen molar-refractivity contribution in [2.75, 3.05) is 26.2 Å². The minimum Gasteiger partial charge on any atom is -0.388 e. The molecule has 2 fully saturated rings. The maximum absolute atomic E-state index is 12.4. The van der Waals surface area contributed by atoms with Gasteiger partial charge in [-0.3, -0.25) is 0 Å². The van der Waals surface area contributed by atoms with Crippen molar-refractivity contribution in [3.63, 3.8) is 0 Å². The minimum absolute atomic E-state index is 0.193. The van der Waals surface area contributed by atoms with Gasteiger partial charge in [0.15, 0.2) is 0 Å². The molecule has 0 bridgehead atoms. The molecule has 17 heavy (non-hydrogen) atoms. The van der Waals surface area contributed by atoms with Crippen molar-refractivity contribution in [3.05, 3.63) is 0 Å². The highest BCUT2D eigenvalue weighted by molar-refractivity contribution is 7.86. The fraction of sp³-hybridized carbons (Fsp3) is 1.00. The second-order valence-electron chi connectivity index (χ2n) is 6.04. The van der Waals surface area contributed by atoms with E-state index in [0.717, 1.165) is 12.8 Å². The molecule has 0 aromatic rings. The molecule has 1 atom stereocenters. The van der Waals surface area contributed by atoms with E-state index in [-0.39, 0.29) is 6.54 Å². The predicted octanol–water partition coefficient (Wildman–Crippen LogP) is 0.420. The summed E-state index contributed by atoms with van der Waals surface area (Å²) in [5.41, 5.74) is -1.36. The van der Waals surface area contributed by atoms with E-state index in [1.54, 1.807) is 6.92 Å². The predicted molar refractivity (Wildman–Crippen MR) is 65.7 cm³/mol. The van der Waals surface area contributed by atoms with E-state index in [1.807, 2.05) is 13.8 Å². The Morgan fingerprint density at radius 1 is 1.00 bits per heavy atom. The second kappa shape index (κ2) is 3.91. The second-order valence-corrected chi connectivity index (χ2v) is 7.97. The lowest BCUT2D eigenvalue weighted by Crippen LogP contribution is -2.43. The number of hydrogen-bond acceptors (Lipinski definition) is 3. The maximum Gasteiger partial charge on any atom is 0.282 e. The molecule has 0 radical (unpaired) electrons. The van der Waals surface area contributed by atoms with E-state index < -0.39 is 21.2 Å². The molecule has 0 spiro atoms. The minimum atomic E-state index is -3.37. The van der Waals surface area contributed by atoms with E-state index in [2.05, 4.69) is 0 Å². The molecule has 6 heteroatoms. The molecule has 0 aromatic heterocycles. The van der Waals surface area contributed by atoms with Gasteiger partial charge in [-0.15, -0.1) is 0 Å². The third kappa shape index (κ3) is 2.12. The lowest BCUT2D eigenvalue weighted by Gasteiger charge is -2.31. The first-order valence-electron chi connectivity index (χ1n) is 6.14. The normalized spacial score (nSPS) is 35.5. The molecular formula is C11H22N2O3S. The zero-order chi connectivity index (χ0) is 12.9. The summed E-state index contributed by atoms with van der Waals surface area (Å²) in [7, 11) is -3.37. The number of aliphatic hydroxyl groups is 1. The molecular weight excluding hydrogens is 240 g/mol. The van der Waals surface area contributed by atoms with Crippen molar-refractivity contribution < 1.29 is 13.5 Å². The van der Waals surface area contributed by atoms with Crippen LogP contribution in [0.1, 0.15) is 33.6 Å². The SMILES string of the molecule is CC1(C)CN(S(=O)(=O)N2CCCC2)C[C@]1(C)O. The average Bonchev–Trinajstić information content (AvgIpc) is 2.73. The van der Waals surface area contributed by atoms with Crippen LogP contribution in [0.5, 0.6) is 0 Å². The van der Waals surface area contributed by atoms with Gasteiger partial charge in [-0.2, -0.15) is 17.0 Å². The molecule has 2 aliphatic rings. The van der Waals surface area contributed by atoms with Crippen molar-refractivity contribution in [2.24, 2.45) is 5.41 Å². The van der Waals surface area contributed by atoms with Gasteiger partial charge in [-0.1, -0.05) is 13.8 Å². The quantitative estimate of drug-likeness (QED) is 0.784. The highest BCUT2D eigenvalue weighted by Crippen LogP contribution is 2.40. The Balaban J connectivity index is 2.20. The number of hydrogen-bond donors (Lipinski definition) is 1. The lowest BCUT2D eigenvalue weighted by atomic mass is 9.79. The molecule has 5 nitrogen and oxygen atoms in total. The van der Waals surface area contributed by atoms with Crippen LogP contribution >= 0.6 is 0 Å². The van der Waals surface area contributed by atoms with E-state index in [0.29, 0.717) is 19.6 Å². The van der Waals surface area contributed by atoms with Gasteiger partial charge in [0.05, 0.1) is 5.60 Å². The van der Waals surface area contributed by atoms with E-state index in [1.165, 1.54) is 8.61 Å². The summed E-state index contributed by atoms with van der Waals surface area (Å²) in [6, 6.07) is 0. The Hall–Kier alpha value is -0.170. The lowest BCUT2D eigenvalue weighted by molar-refractivity contribution is -0.0101. The van der Waals surface area contributed by atoms with Crippen molar-refractivity contribution in [2.45, 2.75) is 39.2 Å². The molecule has 0 unspecified atom stereocenters.